The van der Waals surface area contributed by atoms with E-state index in [2.05, 4.69) is 27.7 Å². The maximum atomic E-state index is 4.99. The average molecular weight is 333 g/mol. The summed E-state index contributed by atoms with van der Waals surface area (Å²) in [6, 6.07) is 0. The second kappa shape index (κ2) is 13.4. The molecule has 138 valence electrons. The highest BCUT2D eigenvalue weighted by molar-refractivity contribution is 5.27. The Balaban J connectivity index is 3.01. The molecule has 24 heavy (non-hydrogen) atoms. The number of unbranched alkanes of at least 4 members (excludes halogenated alkanes) is 6. The molecule has 0 aliphatic carbocycles. The van der Waals surface area contributed by atoms with Crippen molar-refractivity contribution in [1.29, 1.82) is 0 Å². The minimum atomic E-state index is 1.02. The fourth-order valence-electron chi connectivity index (χ4n) is 3.31. The Labute approximate surface area is 150 Å². The zero-order valence-corrected chi connectivity index (χ0v) is 16.8. The molecule has 2 nitrogen and oxygen atoms in total. The van der Waals surface area contributed by atoms with Gasteiger partial charge in [0.1, 0.15) is 5.82 Å². The molecule has 0 spiro atoms. The van der Waals surface area contributed by atoms with E-state index in [1.807, 2.05) is 0 Å². The molecule has 1 aromatic rings. The SMILES string of the molecule is CCCCCc1nc(CCC)nc(CCCCC)c1CCCCC. The Bertz CT molecular complexity index is 409. The Morgan fingerprint density at radius 3 is 1.38 bits per heavy atom. The van der Waals surface area contributed by atoms with Crippen LogP contribution in [0.1, 0.15) is 115 Å². The summed E-state index contributed by atoms with van der Waals surface area (Å²) < 4.78 is 0. The van der Waals surface area contributed by atoms with Gasteiger partial charge in [0.2, 0.25) is 0 Å². The number of aromatic nitrogens is 2. The largest absolute Gasteiger partial charge is 0.238 e. The molecule has 1 heterocycles. The summed E-state index contributed by atoms with van der Waals surface area (Å²) in [5, 5.41) is 0. The molecule has 0 unspecified atom stereocenters. The Kier molecular flexibility index (Phi) is 11.8. The minimum Gasteiger partial charge on any atom is -0.238 e. The van der Waals surface area contributed by atoms with Gasteiger partial charge < -0.3 is 0 Å². The van der Waals surface area contributed by atoms with Crippen molar-refractivity contribution in [2.24, 2.45) is 0 Å². The molecule has 0 saturated heterocycles. The minimum absolute atomic E-state index is 1.02. The normalized spacial score (nSPS) is 11.2. The van der Waals surface area contributed by atoms with Crippen molar-refractivity contribution in [3.8, 4) is 0 Å². The lowest BCUT2D eigenvalue weighted by atomic mass is 9.97. The van der Waals surface area contributed by atoms with E-state index >= 15 is 0 Å². The van der Waals surface area contributed by atoms with Gasteiger partial charge in [0.05, 0.1) is 0 Å². The summed E-state index contributed by atoms with van der Waals surface area (Å²) in [5.41, 5.74) is 4.27. The van der Waals surface area contributed by atoms with Gasteiger partial charge >= 0.3 is 0 Å². The van der Waals surface area contributed by atoms with Gasteiger partial charge in [-0.15, -0.1) is 0 Å². The fraction of sp³-hybridized carbons (Fsp3) is 0.818. The summed E-state index contributed by atoms with van der Waals surface area (Å²) >= 11 is 0. The molecule has 0 aliphatic heterocycles. The van der Waals surface area contributed by atoms with Crippen molar-refractivity contribution in [2.45, 2.75) is 118 Å². The third kappa shape index (κ3) is 7.77. The maximum Gasteiger partial charge on any atom is 0.128 e. The lowest BCUT2D eigenvalue weighted by molar-refractivity contribution is 0.646. The Hall–Kier alpha value is -0.920. The van der Waals surface area contributed by atoms with E-state index in [9.17, 15) is 0 Å². The van der Waals surface area contributed by atoms with Crippen molar-refractivity contribution >= 4 is 0 Å². The van der Waals surface area contributed by atoms with Crippen molar-refractivity contribution in [3.05, 3.63) is 22.8 Å². The average Bonchev–Trinajstić information content (AvgIpc) is 2.58. The van der Waals surface area contributed by atoms with Gasteiger partial charge in [-0.2, -0.15) is 0 Å². The lowest BCUT2D eigenvalue weighted by Gasteiger charge is -2.16. The molecule has 0 fully saturated rings. The van der Waals surface area contributed by atoms with Crippen LogP contribution < -0.4 is 0 Å². The maximum absolute atomic E-state index is 4.99. The van der Waals surface area contributed by atoms with Gasteiger partial charge in [0.15, 0.2) is 0 Å². The molecule has 0 aromatic carbocycles. The molecular formula is C22H40N2. The zero-order chi connectivity index (χ0) is 17.6. The quantitative estimate of drug-likeness (QED) is 0.357. The molecule has 0 atom stereocenters. The Morgan fingerprint density at radius 1 is 0.500 bits per heavy atom. The van der Waals surface area contributed by atoms with Crippen molar-refractivity contribution in [2.75, 3.05) is 0 Å². The summed E-state index contributed by atoms with van der Waals surface area (Å²) in [6.45, 7) is 9.07. The van der Waals surface area contributed by atoms with Gasteiger partial charge in [0.25, 0.3) is 0 Å². The highest BCUT2D eigenvalue weighted by Gasteiger charge is 2.14. The van der Waals surface area contributed by atoms with Crippen LogP contribution in [0, 0.1) is 0 Å². The fourth-order valence-corrected chi connectivity index (χ4v) is 3.31. The van der Waals surface area contributed by atoms with E-state index in [0.717, 1.165) is 31.5 Å². The van der Waals surface area contributed by atoms with Gasteiger partial charge in [-0.05, 0) is 50.5 Å². The summed E-state index contributed by atoms with van der Waals surface area (Å²) in [7, 11) is 0. The summed E-state index contributed by atoms with van der Waals surface area (Å²) in [6.07, 6.45) is 17.3. The van der Waals surface area contributed by atoms with E-state index in [-0.39, 0.29) is 0 Å². The Morgan fingerprint density at radius 2 is 0.958 bits per heavy atom. The van der Waals surface area contributed by atoms with Crippen LogP contribution in [0.5, 0.6) is 0 Å². The van der Waals surface area contributed by atoms with Crippen LogP contribution in [-0.4, -0.2) is 9.97 Å². The first-order chi connectivity index (χ1) is 11.8. The first-order valence-corrected chi connectivity index (χ1v) is 10.6. The molecule has 0 amide bonds. The van der Waals surface area contributed by atoms with Crippen molar-refractivity contribution in [3.63, 3.8) is 0 Å². The second-order valence-corrected chi connectivity index (χ2v) is 7.13. The molecule has 0 radical (unpaired) electrons. The smallest absolute Gasteiger partial charge is 0.128 e. The standard InChI is InChI=1S/C22H40N2/c1-5-9-12-16-19-20(17-13-10-6-2)23-22(15-8-4)24-21(19)18-14-11-7-3/h5-18H2,1-4H3. The molecule has 0 aliphatic rings. The predicted molar refractivity (Wildman–Crippen MR) is 106 cm³/mol. The summed E-state index contributed by atoms with van der Waals surface area (Å²) in [5.74, 6) is 1.09. The van der Waals surface area contributed by atoms with Crippen LogP contribution >= 0.6 is 0 Å². The third-order valence-corrected chi connectivity index (χ3v) is 4.76. The van der Waals surface area contributed by atoms with E-state index in [1.165, 1.54) is 81.2 Å². The van der Waals surface area contributed by atoms with Crippen LogP contribution in [0.25, 0.3) is 0 Å². The van der Waals surface area contributed by atoms with Gasteiger partial charge in [-0.25, -0.2) is 9.97 Å². The molecule has 0 N–H and O–H groups in total. The molecule has 2 heteroatoms. The van der Waals surface area contributed by atoms with Crippen molar-refractivity contribution < 1.29 is 0 Å². The van der Waals surface area contributed by atoms with E-state index in [0.29, 0.717) is 0 Å². The van der Waals surface area contributed by atoms with Crippen molar-refractivity contribution in [1.82, 2.24) is 9.97 Å². The third-order valence-electron chi connectivity index (χ3n) is 4.76. The number of rotatable bonds is 14. The number of hydrogen-bond donors (Lipinski definition) is 0. The van der Waals surface area contributed by atoms with Crippen LogP contribution in [0.3, 0.4) is 0 Å². The van der Waals surface area contributed by atoms with E-state index in [1.54, 1.807) is 0 Å². The van der Waals surface area contributed by atoms with Crippen LogP contribution in [0.2, 0.25) is 0 Å². The highest BCUT2D eigenvalue weighted by atomic mass is 14.9. The molecule has 0 bridgehead atoms. The molecule has 1 rings (SSSR count). The van der Waals surface area contributed by atoms with Gasteiger partial charge in [-0.1, -0.05) is 66.2 Å². The van der Waals surface area contributed by atoms with Crippen LogP contribution in [0.4, 0.5) is 0 Å². The molecule has 1 aromatic heterocycles. The van der Waals surface area contributed by atoms with Crippen LogP contribution in [0.15, 0.2) is 0 Å². The molecular weight excluding hydrogens is 292 g/mol. The number of hydrogen-bond acceptors (Lipinski definition) is 2. The number of nitrogens with zero attached hydrogens (tertiary/aromatic N) is 2. The van der Waals surface area contributed by atoms with Gasteiger partial charge in [0, 0.05) is 17.8 Å². The van der Waals surface area contributed by atoms with Crippen LogP contribution in [-0.2, 0) is 25.7 Å². The zero-order valence-electron chi connectivity index (χ0n) is 16.8. The second-order valence-electron chi connectivity index (χ2n) is 7.13. The lowest BCUT2D eigenvalue weighted by Crippen LogP contribution is -2.11. The monoisotopic (exact) mass is 332 g/mol. The summed E-state index contributed by atoms with van der Waals surface area (Å²) in [4.78, 5) is 9.98. The number of aryl methyl sites for hydroxylation is 3. The van der Waals surface area contributed by atoms with E-state index < -0.39 is 0 Å². The predicted octanol–water partition coefficient (Wildman–Crippen LogP) is 6.63. The first-order valence-electron chi connectivity index (χ1n) is 10.6. The van der Waals surface area contributed by atoms with E-state index in [4.69, 9.17) is 9.97 Å². The highest BCUT2D eigenvalue weighted by Crippen LogP contribution is 2.20. The topological polar surface area (TPSA) is 25.8 Å². The van der Waals surface area contributed by atoms with Gasteiger partial charge in [-0.3, -0.25) is 0 Å². The first kappa shape index (κ1) is 21.1. The molecule has 0 saturated carbocycles.